The summed E-state index contributed by atoms with van der Waals surface area (Å²) in [6.07, 6.45) is 0. The molecule has 0 aromatic heterocycles. The van der Waals surface area contributed by atoms with Gasteiger partial charge >= 0.3 is 0 Å². The van der Waals surface area contributed by atoms with Gasteiger partial charge in [0.05, 0.1) is 37.9 Å². The Bertz CT molecular complexity index is 10300. The van der Waals surface area contributed by atoms with Crippen molar-refractivity contribution in [1.82, 2.24) is 0 Å². The fourth-order valence-electron chi connectivity index (χ4n) is 37.1. The molecule has 0 spiro atoms. The second-order valence-corrected chi connectivity index (χ2v) is 38.6. The SMILES string of the molecule is c1ccc(C23C4=C5C6=c7c4c4c8c9c7=c7c%10c%11c%12c(c%13c%14c%15c(c2c2c%16c3c4c3c4c%16c%16c%17c%18c%19c%20c%21c%22c%23c%19c%19c%24c(c%11c%11c(c%25c(c7%11)[C@]9(c7ccccc7)c7c(c-%21c(c3c78)C4(c3ccccc3)[C@@H]%20%17)[C@@]%22%25c3ccccc3)C%23%24c3ccccc3)c3c%12c%14c4c3c%19c%18c3c%16c2c%15c34)[C@@]5%13c2ccccc2)[C@@]6%10c2ccccc2)cc1. The van der Waals surface area contributed by atoms with E-state index in [2.05, 4.69) is 212 Å². The molecule has 8 atom stereocenters. The molecule has 0 heterocycles. The highest BCUT2D eigenvalue weighted by atomic mass is 14.8. The van der Waals surface area contributed by atoms with Crippen LogP contribution < -0.4 is 5.22 Å². The Hall–Kier alpha value is -13.5. The Labute approximate surface area is 628 Å². The van der Waals surface area contributed by atoms with Crippen LogP contribution >= 0.6 is 0 Å². The van der Waals surface area contributed by atoms with Crippen molar-refractivity contribution >= 4 is 194 Å². The maximum Gasteiger partial charge on any atom is 0.0733 e. The highest BCUT2D eigenvalue weighted by Gasteiger charge is 2.80. The lowest BCUT2D eigenvalue weighted by molar-refractivity contribution is 0.558. The lowest BCUT2D eigenvalue weighted by Crippen LogP contribution is -2.50. The monoisotopic (exact) mass is 1380 g/mol. The molecule has 0 amide bonds. The maximum atomic E-state index is 2.69. The minimum absolute atomic E-state index is 0.0119. The van der Waals surface area contributed by atoms with E-state index in [1.165, 1.54) is 38.9 Å². The minimum atomic E-state index is -0.739. The summed E-state index contributed by atoms with van der Waals surface area (Å²) >= 11 is 0. The van der Waals surface area contributed by atoms with Gasteiger partial charge in [0.15, 0.2) is 0 Å². The molecule has 25 aromatic rings. The normalized spacial score (nSPS) is 27.0. The minimum Gasteiger partial charge on any atom is -0.0622 e. The summed E-state index contributed by atoms with van der Waals surface area (Å²) in [5, 5.41) is 59.7. The Morgan fingerprint density at radius 1 is 0.143 bits per heavy atom. The number of rotatable bonds is 7. The van der Waals surface area contributed by atoms with Gasteiger partial charge in [0.25, 0.3) is 0 Å². The smallest absolute Gasteiger partial charge is 0.0622 e. The molecule has 112 heavy (non-hydrogen) atoms. The summed E-state index contributed by atoms with van der Waals surface area (Å²) in [5.41, 5.74) is 46.7. The second-order valence-electron chi connectivity index (χ2n) is 38.6. The first kappa shape index (κ1) is 47.4. The van der Waals surface area contributed by atoms with Crippen LogP contribution in [0.3, 0.4) is 0 Å². The average molecular weight is 1380 g/mol. The second kappa shape index (κ2) is 12.1. The average Bonchev–Trinajstić information content (AvgIpc) is 1.37. The van der Waals surface area contributed by atoms with Crippen molar-refractivity contribution in [3.8, 4) is 11.1 Å². The molecule has 0 saturated heterocycles. The molecule has 3 unspecified atom stereocenters. The maximum absolute atomic E-state index is 2.69. The topological polar surface area (TPSA) is 0 Å². The molecule has 19 aliphatic carbocycles. The van der Waals surface area contributed by atoms with Crippen LogP contribution in [0.2, 0.25) is 0 Å². The molecular weight excluding hydrogens is 1350 g/mol. The summed E-state index contributed by atoms with van der Waals surface area (Å²) in [6.45, 7) is 0. The van der Waals surface area contributed by atoms with Crippen LogP contribution in [0.25, 0.3) is 205 Å². The number of allylic oxidation sites excluding steroid dienone is 2. The van der Waals surface area contributed by atoms with Crippen molar-refractivity contribution in [2.24, 2.45) is 0 Å². The van der Waals surface area contributed by atoms with E-state index in [4.69, 9.17) is 0 Å². The van der Waals surface area contributed by atoms with E-state index in [0.29, 0.717) is 0 Å². The Morgan fingerprint density at radius 2 is 0.429 bits per heavy atom. The summed E-state index contributed by atoms with van der Waals surface area (Å²) < 4.78 is 0. The zero-order chi connectivity index (χ0) is 68.7. The van der Waals surface area contributed by atoms with Crippen LogP contribution in [0.15, 0.2) is 218 Å². The van der Waals surface area contributed by atoms with Crippen molar-refractivity contribution < 1.29 is 0 Å². The van der Waals surface area contributed by atoms with E-state index in [0.717, 1.165) is 0 Å². The van der Waals surface area contributed by atoms with Crippen LogP contribution in [0.4, 0.5) is 0 Å². The van der Waals surface area contributed by atoms with Gasteiger partial charge in [-0.1, -0.05) is 212 Å². The molecule has 0 saturated carbocycles. The lowest BCUT2D eigenvalue weighted by Gasteiger charge is -2.55. The van der Waals surface area contributed by atoms with E-state index < -0.39 is 37.9 Å². The predicted molar refractivity (Wildman–Crippen MR) is 448 cm³/mol. The van der Waals surface area contributed by atoms with Gasteiger partial charge in [-0.3, -0.25) is 0 Å². The molecule has 0 N–H and O–H groups in total. The molecule has 0 nitrogen and oxygen atoms in total. The number of hydrogen-bond acceptors (Lipinski definition) is 0. The van der Waals surface area contributed by atoms with Gasteiger partial charge in [0.1, 0.15) is 0 Å². The van der Waals surface area contributed by atoms with Gasteiger partial charge < -0.3 is 0 Å². The van der Waals surface area contributed by atoms with Crippen LogP contribution in [-0.4, -0.2) is 0 Å². The number of benzene rings is 22. The van der Waals surface area contributed by atoms with Crippen LogP contribution in [0.1, 0.15) is 156 Å². The van der Waals surface area contributed by atoms with Gasteiger partial charge in [-0.05, 0) is 377 Å². The molecule has 0 heteroatoms. The lowest BCUT2D eigenvalue weighted by atomic mass is 9.45. The standard InChI is InChI=1S/C112H36/c1-8-22-36(23-9-1)106-85-60-54-46-43-44-45-47-49(46)62-72-57(54)64(85)83-84-91(106)79-76-66-59-67-80(79)97-103(84)112(42-34-20-7-21-35-42)98(83)94(72)107(37-24-10-2-11-25-37)86(62)61-50(47)55-52(45)70-69-51(44)53-48(43)56(60)63(87(76)106)75-71(53)93-96(69)111(41-32-18-6-19-33-41)95(70)92-68(55)65-58(61)73-81-77-78(90(67)110(97,40-30-16-5-17-31-40)102(81)105(112)99(73)107)82-74(59)100(108(93,89(66)75)38-26-12-3-13-27-38)104(111)101(82)109(92,88(65)77)39-28-14-4-15-29-39/h1-35,85H/t85-,106?,107?,108?,109+,110+,111+,112-/m1/s1. The molecule has 0 radical (unpaired) electrons. The van der Waals surface area contributed by atoms with Gasteiger partial charge in [-0.25, -0.2) is 0 Å². The third-order valence-electron chi connectivity index (χ3n) is 37.6. The van der Waals surface area contributed by atoms with Crippen molar-refractivity contribution in [3.63, 3.8) is 0 Å². The molecule has 0 fully saturated rings. The van der Waals surface area contributed by atoms with E-state index in [9.17, 15) is 0 Å². The highest BCUT2D eigenvalue weighted by Crippen LogP contribution is 2.93. The van der Waals surface area contributed by atoms with Gasteiger partial charge in [0, 0.05) is 5.92 Å². The Morgan fingerprint density at radius 3 is 0.973 bits per heavy atom. The number of hydrogen-bond donors (Lipinski definition) is 0. The summed E-state index contributed by atoms with van der Waals surface area (Å²) in [5.74, 6) is 0.0119. The van der Waals surface area contributed by atoms with Crippen LogP contribution in [-0.2, 0) is 37.9 Å². The summed E-state index contributed by atoms with van der Waals surface area (Å²) in [4.78, 5) is 0. The van der Waals surface area contributed by atoms with E-state index in [1.807, 2.05) is 0 Å². The quantitative estimate of drug-likeness (QED) is 0.110. The van der Waals surface area contributed by atoms with Gasteiger partial charge in [-0.2, -0.15) is 0 Å². The zero-order valence-corrected chi connectivity index (χ0v) is 58.8. The Balaban J connectivity index is 0.983. The highest BCUT2D eigenvalue weighted by molar-refractivity contribution is 6.69. The molecule has 44 rings (SSSR count). The Kier molecular flexibility index (Phi) is 5.14. The van der Waals surface area contributed by atoms with Crippen molar-refractivity contribution in [2.45, 2.75) is 43.8 Å². The van der Waals surface area contributed by atoms with Gasteiger partial charge in [0.2, 0.25) is 0 Å². The fourth-order valence-corrected chi connectivity index (χ4v) is 37.1. The largest absolute Gasteiger partial charge is 0.0733 e. The fraction of sp³-hybridized carbons (Fsp3) is 0.0714. The van der Waals surface area contributed by atoms with Crippen molar-refractivity contribution in [1.29, 1.82) is 0 Å². The van der Waals surface area contributed by atoms with Crippen LogP contribution in [0.5, 0.6) is 0 Å². The van der Waals surface area contributed by atoms with E-state index >= 15 is 0 Å². The summed E-state index contributed by atoms with van der Waals surface area (Å²) in [6, 6.07) is 88.6. The first-order valence-electron chi connectivity index (χ1n) is 41.5. The van der Waals surface area contributed by atoms with E-state index in [1.54, 1.807) is 338 Å². The molecule has 0 bridgehead atoms. The first-order chi connectivity index (χ1) is 55.8. The molecule has 25 aromatic carbocycles. The molecule has 0 aliphatic heterocycles. The third kappa shape index (κ3) is 2.95. The first-order valence-corrected chi connectivity index (χ1v) is 41.5. The molecule has 19 aliphatic rings. The molecule has 484 valence electrons. The van der Waals surface area contributed by atoms with Crippen molar-refractivity contribution in [3.05, 3.63) is 384 Å². The van der Waals surface area contributed by atoms with Gasteiger partial charge in [-0.15, -0.1) is 0 Å². The van der Waals surface area contributed by atoms with E-state index in [-0.39, 0.29) is 5.92 Å². The summed E-state index contributed by atoms with van der Waals surface area (Å²) in [7, 11) is 0. The third-order valence-corrected chi connectivity index (χ3v) is 37.6. The van der Waals surface area contributed by atoms with Crippen molar-refractivity contribution in [2.75, 3.05) is 0 Å². The molecular formula is C112H36. The van der Waals surface area contributed by atoms with Crippen LogP contribution in [0, 0.1) is 10.4 Å². The zero-order valence-electron chi connectivity index (χ0n) is 58.8. The predicted octanol–water partition coefficient (Wildman–Crippen LogP) is 23.7.